The molecule has 0 heterocycles. The molecule has 1 rings (SSSR count). The van der Waals surface area contributed by atoms with Crippen molar-refractivity contribution in [2.24, 2.45) is 0 Å². The molecule has 0 saturated heterocycles. The Morgan fingerprint density at radius 2 is 2.21 bits per heavy atom. The molecule has 80 valence electrons. The van der Waals surface area contributed by atoms with E-state index in [2.05, 4.69) is 6.07 Å². The Labute approximate surface area is 86.0 Å². The largest absolute Gasteiger partial charge is 0.381 e. The Hall–Kier alpha value is -0.590. The smallest absolute Gasteiger partial charge is 0.157 e. The summed E-state index contributed by atoms with van der Waals surface area (Å²) in [6.45, 7) is 3.94. The summed E-state index contributed by atoms with van der Waals surface area (Å²) < 4.78 is 11.0. The molecule has 0 radical (unpaired) electrons. The molecular formula is C11H19NO2. The van der Waals surface area contributed by atoms with Gasteiger partial charge in [-0.1, -0.05) is 0 Å². The Balaban J connectivity index is 2.64. The molecule has 0 spiro atoms. The topological polar surface area (TPSA) is 42.2 Å². The maximum Gasteiger partial charge on any atom is 0.157 e. The van der Waals surface area contributed by atoms with Crippen molar-refractivity contribution in [1.82, 2.24) is 0 Å². The van der Waals surface area contributed by atoms with Gasteiger partial charge < -0.3 is 9.47 Å². The van der Waals surface area contributed by atoms with Crippen molar-refractivity contribution in [1.29, 1.82) is 5.26 Å². The van der Waals surface area contributed by atoms with Gasteiger partial charge >= 0.3 is 0 Å². The predicted octanol–water partition coefficient (Wildman–Crippen LogP) is 2.26. The maximum atomic E-state index is 9.17. The van der Waals surface area contributed by atoms with Crippen molar-refractivity contribution in [2.45, 2.75) is 57.3 Å². The first kappa shape index (κ1) is 11.5. The van der Waals surface area contributed by atoms with Crippen LogP contribution in [0.5, 0.6) is 0 Å². The first-order valence-electron chi connectivity index (χ1n) is 5.24. The molecule has 3 heteroatoms. The fourth-order valence-electron chi connectivity index (χ4n) is 2.07. The van der Waals surface area contributed by atoms with Gasteiger partial charge in [-0.3, -0.25) is 0 Å². The van der Waals surface area contributed by atoms with Crippen molar-refractivity contribution >= 4 is 0 Å². The molecule has 1 saturated carbocycles. The highest BCUT2D eigenvalue weighted by Crippen LogP contribution is 2.33. The quantitative estimate of drug-likeness (QED) is 0.697. The molecule has 0 aromatic rings. The van der Waals surface area contributed by atoms with Crippen LogP contribution in [0.3, 0.4) is 0 Å². The summed E-state index contributed by atoms with van der Waals surface area (Å²) in [4.78, 5) is 0. The molecule has 0 bridgehead atoms. The molecule has 0 aromatic heterocycles. The second-order valence-corrected chi connectivity index (χ2v) is 4.23. The lowest BCUT2D eigenvalue weighted by Gasteiger charge is -2.36. The number of hydrogen-bond donors (Lipinski definition) is 0. The summed E-state index contributed by atoms with van der Waals surface area (Å²) in [6.07, 6.45) is 3.88. The Morgan fingerprint density at radius 1 is 1.50 bits per heavy atom. The van der Waals surface area contributed by atoms with Crippen LogP contribution in [0.25, 0.3) is 0 Å². The fourth-order valence-corrected chi connectivity index (χ4v) is 2.07. The highest BCUT2D eigenvalue weighted by molar-refractivity contribution is 5.05. The second-order valence-electron chi connectivity index (χ2n) is 4.23. The normalized spacial score (nSPS) is 32.9. The van der Waals surface area contributed by atoms with Crippen LogP contribution in [0.15, 0.2) is 0 Å². The Kier molecular flexibility index (Phi) is 3.91. The molecule has 1 fully saturated rings. The average Bonchev–Trinajstić information content (AvgIpc) is 2.17. The average molecular weight is 197 g/mol. The van der Waals surface area contributed by atoms with E-state index in [1.807, 2.05) is 13.8 Å². The predicted molar refractivity (Wildman–Crippen MR) is 53.8 cm³/mol. The van der Waals surface area contributed by atoms with Gasteiger partial charge in [-0.2, -0.15) is 5.26 Å². The molecule has 0 amide bonds. The third-order valence-corrected chi connectivity index (χ3v) is 2.66. The van der Waals surface area contributed by atoms with Crippen LogP contribution in [0.2, 0.25) is 0 Å². The lowest BCUT2D eigenvalue weighted by molar-refractivity contribution is -0.0957. The van der Waals surface area contributed by atoms with Crippen LogP contribution in [-0.4, -0.2) is 24.9 Å². The van der Waals surface area contributed by atoms with Crippen molar-refractivity contribution < 1.29 is 9.47 Å². The molecule has 1 aliphatic carbocycles. The van der Waals surface area contributed by atoms with E-state index in [-0.39, 0.29) is 12.2 Å². The monoisotopic (exact) mass is 197 g/mol. The van der Waals surface area contributed by atoms with Crippen LogP contribution in [0.4, 0.5) is 0 Å². The Bertz CT molecular complexity index is 222. The fraction of sp³-hybridized carbons (Fsp3) is 0.909. The molecule has 0 N–H and O–H groups in total. The van der Waals surface area contributed by atoms with Crippen LogP contribution in [0, 0.1) is 11.3 Å². The van der Waals surface area contributed by atoms with Gasteiger partial charge in [-0.15, -0.1) is 0 Å². The maximum absolute atomic E-state index is 9.17. The van der Waals surface area contributed by atoms with Gasteiger partial charge in [0.1, 0.15) is 0 Å². The van der Waals surface area contributed by atoms with Crippen molar-refractivity contribution in [3.8, 4) is 6.07 Å². The zero-order valence-electron chi connectivity index (χ0n) is 9.25. The van der Waals surface area contributed by atoms with Crippen LogP contribution in [0.1, 0.15) is 39.5 Å². The molecular weight excluding hydrogens is 178 g/mol. The van der Waals surface area contributed by atoms with Gasteiger partial charge in [0, 0.05) is 13.5 Å². The Morgan fingerprint density at radius 3 is 2.71 bits per heavy atom. The molecule has 2 atom stereocenters. The molecule has 0 aliphatic heterocycles. The minimum atomic E-state index is -0.604. The van der Waals surface area contributed by atoms with Gasteiger partial charge in [-0.05, 0) is 33.1 Å². The zero-order valence-corrected chi connectivity index (χ0v) is 9.25. The molecule has 14 heavy (non-hydrogen) atoms. The lowest BCUT2D eigenvalue weighted by Crippen LogP contribution is -2.41. The summed E-state index contributed by atoms with van der Waals surface area (Å²) in [7, 11) is 1.70. The number of rotatable bonds is 3. The number of nitriles is 1. The van der Waals surface area contributed by atoms with Crippen molar-refractivity contribution in [3.63, 3.8) is 0 Å². The zero-order chi connectivity index (χ0) is 10.6. The van der Waals surface area contributed by atoms with Crippen molar-refractivity contribution in [3.05, 3.63) is 0 Å². The van der Waals surface area contributed by atoms with E-state index in [4.69, 9.17) is 9.47 Å². The van der Waals surface area contributed by atoms with Gasteiger partial charge in [0.15, 0.2) is 5.60 Å². The standard InChI is InChI=1S/C11H19NO2/c1-9(2)14-11(8-12)6-4-5-10(7-11)13-3/h9-10H,4-7H2,1-3H3. The van der Waals surface area contributed by atoms with Gasteiger partial charge in [0.25, 0.3) is 0 Å². The third-order valence-electron chi connectivity index (χ3n) is 2.66. The van der Waals surface area contributed by atoms with E-state index < -0.39 is 5.60 Å². The minimum Gasteiger partial charge on any atom is -0.381 e. The van der Waals surface area contributed by atoms with Gasteiger partial charge in [0.05, 0.1) is 18.3 Å². The molecule has 1 aliphatic rings. The number of ether oxygens (including phenoxy) is 2. The second kappa shape index (κ2) is 4.77. The van der Waals surface area contributed by atoms with Crippen LogP contribution in [-0.2, 0) is 9.47 Å². The van der Waals surface area contributed by atoms with E-state index in [9.17, 15) is 5.26 Å². The van der Waals surface area contributed by atoms with Crippen LogP contribution < -0.4 is 0 Å². The lowest BCUT2D eigenvalue weighted by atomic mass is 9.83. The number of nitrogens with zero attached hydrogens (tertiary/aromatic N) is 1. The summed E-state index contributed by atoms with van der Waals surface area (Å²) in [5.41, 5.74) is -0.604. The highest BCUT2D eigenvalue weighted by Gasteiger charge is 2.38. The van der Waals surface area contributed by atoms with Crippen LogP contribution >= 0.6 is 0 Å². The molecule has 3 nitrogen and oxygen atoms in total. The van der Waals surface area contributed by atoms with Gasteiger partial charge in [0.2, 0.25) is 0 Å². The first-order valence-corrected chi connectivity index (χ1v) is 5.24. The van der Waals surface area contributed by atoms with E-state index in [0.29, 0.717) is 6.42 Å². The van der Waals surface area contributed by atoms with E-state index in [0.717, 1.165) is 19.3 Å². The number of methoxy groups -OCH3 is 1. The van der Waals surface area contributed by atoms with E-state index >= 15 is 0 Å². The highest BCUT2D eigenvalue weighted by atomic mass is 16.5. The van der Waals surface area contributed by atoms with E-state index in [1.165, 1.54) is 0 Å². The molecule has 0 aromatic carbocycles. The minimum absolute atomic E-state index is 0.102. The van der Waals surface area contributed by atoms with E-state index in [1.54, 1.807) is 7.11 Å². The van der Waals surface area contributed by atoms with Crippen molar-refractivity contribution in [2.75, 3.05) is 7.11 Å². The first-order chi connectivity index (χ1) is 6.62. The van der Waals surface area contributed by atoms with Gasteiger partial charge in [-0.25, -0.2) is 0 Å². The third kappa shape index (κ3) is 2.70. The molecule has 2 unspecified atom stereocenters. The summed E-state index contributed by atoms with van der Waals surface area (Å²) in [5, 5.41) is 9.17. The SMILES string of the molecule is COC1CCCC(C#N)(OC(C)C)C1. The summed E-state index contributed by atoms with van der Waals surface area (Å²) >= 11 is 0. The number of hydrogen-bond acceptors (Lipinski definition) is 3. The summed E-state index contributed by atoms with van der Waals surface area (Å²) in [6, 6.07) is 2.31. The summed E-state index contributed by atoms with van der Waals surface area (Å²) in [5.74, 6) is 0.